The Balaban J connectivity index is 1.67. The smallest absolute Gasteiger partial charge is 0.325 e. The van der Waals surface area contributed by atoms with E-state index in [2.05, 4.69) is 5.32 Å². The number of imide groups is 1. The molecule has 1 heterocycles. The first-order valence-electron chi connectivity index (χ1n) is 7.59. The molecule has 1 saturated heterocycles. The maximum Gasteiger partial charge on any atom is 0.325 e. The third kappa shape index (κ3) is 2.95. The number of halogens is 1. The molecule has 0 bridgehead atoms. The number of rotatable bonds is 5. The van der Waals surface area contributed by atoms with E-state index in [9.17, 15) is 14.0 Å². The molecule has 3 rings (SSSR count). The van der Waals surface area contributed by atoms with Gasteiger partial charge in [0.05, 0.1) is 6.54 Å². The van der Waals surface area contributed by atoms with Crippen LogP contribution in [0.5, 0.6) is 5.75 Å². The van der Waals surface area contributed by atoms with E-state index in [-0.39, 0.29) is 19.1 Å². The molecule has 1 unspecified atom stereocenters. The highest BCUT2D eigenvalue weighted by molar-refractivity contribution is 6.07. The van der Waals surface area contributed by atoms with Crippen LogP contribution in [-0.4, -0.2) is 30.0 Å². The number of ether oxygens (including phenoxy) is 1. The van der Waals surface area contributed by atoms with Gasteiger partial charge in [0.2, 0.25) is 0 Å². The average Bonchev–Trinajstić information content (AvgIpc) is 2.80. The molecule has 0 spiro atoms. The Morgan fingerprint density at radius 1 is 1.12 bits per heavy atom. The summed E-state index contributed by atoms with van der Waals surface area (Å²) < 4.78 is 18.5. The standard InChI is InChI=1S/C18H17FN2O3/c1-18(13-6-3-2-4-7-13)16(22)21(17(23)20-18)10-11-24-15-9-5-8-14(19)12-15/h2-9,12H,10-11H2,1H3,(H,20,23). The number of nitrogens with one attached hydrogen (secondary N) is 1. The predicted molar refractivity (Wildman–Crippen MR) is 85.9 cm³/mol. The Morgan fingerprint density at radius 3 is 2.58 bits per heavy atom. The first-order valence-corrected chi connectivity index (χ1v) is 7.59. The largest absolute Gasteiger partial charge is 0.492 e. The maximum absolute atomic E-state index is 13.1. The van der Waals surface area contributed by atoms with Crippen LogP contribution in [0, 0.1) is 5.82 Å². The van der Waals surface area contributed by atoms with Gasteiger partial charge in [-0.2, -0.15) is 0 Å². The van der Waals surface area contributed by atoms with Gasteiger partial charge in [-0.3, -0.25) is 9.69 Å². The minimum absolute atomic E-state index is 0.0869. The van der Waals surface area contributed by atoms with Crippen LogP contribution in [0.3, 0.4) is 0 Å². The molecule has 1 atom stereocenters. The van der Waals surface area contributed by atoms with Crippen molar-refractivity contribution in [2.75, 3.05) is 13.2 Å². The second-order valence-electron chi connectivity index (χ2n) is 5.68. The zero-order valence-corrected chi connectivity index (χ0v) is 13.2. The molecule has 1 N–H and O–H groups in total. The third-order valence-electron chi connectivity index (χ3n) is 4.01. The molecular weight excluding hydrogens is 311 g/mol. The lowest BCUT2D eigenvalue weighted by Gasteiger charge is -2.22. The highest BCUT2D eigenvalue weighted by Gasteiger charge is 2.48. The van der Waals surface area contributed by atoms with Crippen molar-refractivity contribution in [3.63, 3.8) is 0 Å². The molecule has 0 aliphatic carbocycles. The van der Waals surface area contributed by atoms with Gasteiger partial charge in [0, 0.05) is 6.07 Å². The van der Waals surface area contributed by atoms with Gasteiger partial charge in [-0.05, 0) is 24.6 Å². The summed E-state index contributed by atoms with van der Waals surface area (Å²) in [7, 11) is 0. The highest BCUT2D eigenvalue weighted by Crippen LogP contribution is 2.28. The van der Waals surface area contributed by atoms with Crippen LogP contribution in [-0.2, 0) is 10.3 Å². The Hall–Kier alpha value is -2.89. The molecule has 1 fully saturated rings. The summed E-state index contributed by atoms with van der Waals surface area (Å²) in [5.74, 6) is -0.381. The van der Waals surface area contributed by atoms with Crippen LogP contribution in [0.4, 0.5) is 9.18 Å². The van der Waals surface area contributed by atoms with Gasteiger partial charge in [0.1, 0.15) is 23.7 Å². The van der Waals surface area contributed by atoms with E-state index in [0.717, 1.165) is 10.5 Å². The number of benzene rings is 2. The van der Waals surface area contributed by atoms with Crippen LogP contribution in [0.25, 0.3) is 0 Å². The number of amides is 3. The lowest BCUT2D eigenvalue weighted by Crippen LogP contribution is -2.41. The van der Waals surface area contributed by atoms with E-state index in [0.29, 0.717) is 5.75 Å². The third-order valence-corrected chi connectivity index (χ3v) is 4.01. The molecular formula is C18H17FN2O3. The van der Waals surface area contributed by atoms with Crippen molar-refractivity contribution >= 4 is 11.9 Å². The van der Waals surface area contributed by atoms with Gasteiger partial charge in [-0.1, -0.05) is 36.4 Å². The molecule has 3 amide bonds. The molecule has 5 nitrogen and oxygen atoms in total. The van der Waals surface area contributed by atoms with Gasteiger partial charge in [-0.25, -0.2) is 9.18 Å². The van der Waals surface area contributed by atoms with Crippen molar-refractivity contribution in [3.8, 4) is 5.75 Å². The molecule has 124 valence electrons. The number of carbonyl (C=O) groups is 2. The molecule has 1 aliphatic rings. The summed E-state index contributed by atoms with van der Waals surface area (Å²) in [4.78, 5) is 25.9. The topological polar surface area (TPSA) is 58.6 Å². The lowest BCUT2D eigenvalue weighted by atomic mass is 9.92. The molecule has 24 heavy (non-hydrogen) atoms. The first-order chi connectivity index (χ1) is 11.5. The number of hydrogen-bond donors (Lipinski definition) is 1. The van der Waals surface area contributed by atoms with Crippen molar-refractivity contribution in [3.05, 3.63) is 66.0 Å². The summed E-state index contributed by atoms with van der Waals surface area (Å²) >= 11 is 0. The molecule has 1 aliphatic heterocycles. The normalized spacial score (nSPS) is 20.2. The summed E-state index contributed by atoms with van der Waals surface area (Å²) in [6, 6.07) is 14.3. The van der Waals surface area contributed by atoms with Crippen LogP contribution >= 0.6 is 0 Å². The fourth-order valence-electron chi connectivity index (χ4n) is 2.68. The second-order valence-corrected chi connectivity index (χ2v) is 5.68. The van der Waals surface area contributed by atoms with Gasteiger partial charge >= 0.3 is 6.03 Å². The lowest BCUT2D eigenvalue weighted by molar-refractivity contribution is -0.131. The molecule has 0 saturated carbocycles. The zero-order chi connectivity index (χ0) is 17.2. The van der Waals surface area contributed by atoms with Crippen LogP contribution in [0.1, 0.15) is 12.5 Å². The van der Waals surface area contributed by atoms with E-state index in [1.54, 1.807) is 25.1 Å². The predicted octanol–water partition coefficient (Wildman–Crippen LogP) is 2.67. The van der Waals surface area contributed by atoms with Crippen LogP contribution in [0.2, 0.25) is 0 Å². The fraction of sp³-hybridized carbons (Fsp3) is 0.222. The summed E-state index contributed by atoms with van der Waals surface area (Å²) in [6.45, 7) is 1.85. The fourth-order valence-corrected chi connectivity index (χ4v) is 2.68. The Kier molecular flexibility index (Phi) is 4.20. The average molecular weight is 328 g/mol. The summed E-state index contributed by atoms with van der Waals surface area (Å²) in [5.41, 5.74) is -0.367. The van der Waals surface area contributed by atoms with E-state index < -0.39 is 17.4 Å². The Bertz CT molecular complexity index is 766. The second kappa shape index (κ2) is 6.31. The number of hydrogen-bond acceptors (Lipinski definition) is 3. The Morgan fingerprint density at radius 2 is 1.88 bits per heavy atom. The van der Waals surface area contributed by atoms with E-state index in [1.807, 2.05) is 18.2 Å². The number of urea groups is 1. The Labute approximate surface area is 139 Å². The maximum atomic E-state index is 13.1. The van der Waals surface area contributed by atoms with Gasteiger partial charge in [0.15, 0.2) is 0 Å². The van der Waals surface area contributed by atoms with E-state index >= 15 is 0 Å². The van der Waals surface area contributed by atoms with Crippen LogP contribution in [0.15, 0.2) is 54.6 Å². The first kappa shape index (κ1) is 16.0. The van der Waals surface area contributed by atoms with Gasteiger partial charge in [0.25, 0.3) is 5.91 Å². The molecule has 0 radical (unpaired) electrons. The number of nitrogens with zero attached hydrogens (tertiary/aromatic N) is 1. The van der Waals surface area contributed by atoms with Gasteiger partial charge in [-0.15, -0.1) is 0 Å². The summed E-state index contributed by atoms with van der Waals surface area (Å²) in [6.07, 6.45) is 0. The molecule has 6 heteroatoms. The van der Waals surface area contributed by atoms with E-state index in [1.165, 1.54) is 18.2 Å². The minimum atomic E-state index is -1.09. The van der Waals surface area contributed by atoms with Crippen molar-refractivity contribution in [1.29, 1.82) is 0 Å². The quantitative estimate of drug-likeness (QED) is 0.859. The van der Waals surface area contributed by atoms with Gasteiger partial charge < -0.3 is 10.1 Å². The molecule has 2 aromatic carbocycles. The zero-order valence-electron chi connectivity index (χ0n) is 13.2. The SMILES string of the molecule is CC1(c2ccccc2)NC(=O)N(CCOc2cccc(F)c2)C1=O. The molecule has 2 aromatic rings. The van der Waals surface area contributed by atoms with Crippen molar-refractivity contribution in [1.82, 2.24) is 10.2 Å². The number of carbonyl (C=O) groups excluding carboxylic acids is 2. The van der Waals surface area contributed by atoms with Crippen LogP contribution < -0.4 is 10.1 Å². The monoisotopic (exact) mass is 328 g/mol. The van der Waals surface area contributed by atoms with Crippen molar-refractivity contribution in [2.45, 2.75) is 12.5 Å². The summed E-state index contributed by atoms with van der Waals surface area (Å²) in [5, 5.41) is 2.73. The van der Waals surface area contributed by atoms with E-state index in [4.69, 9.17) is 4.74 Å². The highest BCUT2D eigenvalue weighted by atomic mass is 19.1. The van der Waals surface area contributed by atoms with Crippen molar-refractivity contribution in [2.24, 2.45) is 0 Å². The molecule has 0 aromatic heterocycles. The minimum Gasteiger partial charge on any atom is -0.492 e. The van der Waals surface area contributed by atoms with Crippen molar-refractivity contribution < 1.29 is 18.7 Å².